The van der Waals surface area contributed by atoms with E-state index in [0.29, 0.717) is 6.54 Å². The summed E-state index contributed by atoms with van der Waals surface area (Å²) in [7, 11) is -3.15. The van der Waals surface area contributed by atoms with Gasteiger partial charge in [0.2, 0.25) is 0 Å². The standard InChI is InChI=1S/C12H19N3O3S/c1-9(2)19(17,18)6-5-15-12(16)7-10-8-13-4-3-11(10)14-15/h7,9,13H,3-6,8H2,1-2H3. The Kier molecular flexibility index (Phi) is 4.05. The van der Waals surface area contributed by atoms with Crippen molar-refractivity contribution >= 4 is 9.84 Å². The molecule has 0 aromatic carbocycles. The van der Waals surface area contributed by atoms with Gasteiger partial charge in [-0.2, -0.15) is 5.10 Å². The molecule has 0 atom stereocenters. The lowest BCUT2D eigenvalue weighted by molar-refractivity contribution is 0.539. The van der Waals surface area contributed by atoms with Crippen LogP contribution in [-0.4, -0.2) is 35.7 Å². The summed E-state index contributed by atoms with van der Waals surface area (Å²) in [5.41, 5.74) is 1.57. The molecular formula is C12H19N3O3S. The molecule has 1 N–H and O–H groups in total. The van der Waals surface area contributed by atoms with E-state index >= 15 is 0 Å². The topological polar surface area (TPSA) is 81.1 Å². The number of fused-ring (bicyclic) bond motifs is 1. The normalized spacial score (nSPS) is 15.5. The monoisotopic (exact) mass is 285 g/mol. The molecule has 19 heavy (non-hydrogen) atoms. The SMILES string of the molecule is CC(C)S(=O)(=O)CCn1nc2c(cc1=O)CNCC2. The molecule has 106 valence electrons. The first-order chi connectivity index (χ1) is 8.90. The molecule has 0 bridgehead atoms. The Hall–Kier alpha value is -1.21. The van der Waals surface area contributed by atoms with Gasteiger partial charge in [-0.1, -0.05) is 0 Å². The Morgan fingerprint density at radius 2 is 2.21 bits per heavy atom. The van der Waals surface area contributed by atoms with Crippen LogP contribution >= 0.6 is 0 Å². The average molecular weight is 285 g/mol. The minimum absolute atomic E-state index is 0.0470. The fourth-order valence-corrected chi connectivity index (χ4v) is 2.87. The zero-order valence-corrected chi connectivity index (χ0v) is 12.0. The second-order valence-electron chi connectivity index (χ2n) is 5.02. The molecule has 0 saturated heterocycles. The average Bonchev–Trinajstić information content (AvgIpc) is 2.36. The summed E-state index contributed by atoms with van der Waals surface area (Å²) in [5.74, 6) is -0.0470. The molecule has 0 spiro atoms. The van der Waals surface area contributed by atoms with Crippen LogP contribution in [0.3, 0.4) is 0 Å². The van der Waals surface area contributed by atoms with E-state index in [0.717, 1.165) is 24.2 Å². The number of rotatable bonds is 4. The van der Waals surface area contributed by atoms with Crippen LogP contribution in [0.15, 0.2) is 10.9 Å². The summed E-state index contributed by atoms with van der Waals surface area (Å²) in [6.07, 6.45) is 0.770. The van der Waals surface area contributed by atoms with Gasteiger partial charge in [0.15, 0.2) is 9.84 Å². The Morgan fingerprint density at radius 3 is 2.89 bits per heavy atom. The maximum absolute atomic E-state index is 11.9. The molecule has 0 radical (unpaired) electrons. The van der Waals surface area contributed by atoms with Crippen molar-refractivity contribution in [1.29, 1.82) is 0 Å². The highest BCUT2D eigenvalue weighted by atomic mass is 32.2. The van der Waals surface area contributed by atoms with Crippen LogP contribution in [-0.2, 0) is 29.3 Å². The molecule has 0 fully saturated rings. The first kappa shape index (κ1) is 14.2. The van der Waals surface area contributed by atoms with Gasteiger partial charge in [0.25, 0.3) is 5.56 Å². The molecular weight excluding hydrogens is 266 g/mol. The predicted molar refractivity (Wildman–Crippen MR) is 72.8 cm³/mol. The fraction of sp³-hybridized carbons (Fsp3) is 0.667. The zero-order valence-electron chi connectivity index (χ0n) is 11.2. The van der Waals surface area contributed by atoms with Gasteiger partial charge >= 0.3 is 0 Å². The lowest BCUT2D eigenvalue weighted by atomic mass is 10.1. The lowest BCUT2D eigenvalue weighted by Gasteiger charge is -2.17. The highest BCUT2D eigenvalue weighted by molar-refractivity contribution is 7.91. The third kappa shape index (κ3) is 3.22. The third-order valence-electron chi connectivity index (χ3n) is 3.32. The largest absolute Gasteiger partial charge is 0.312 e. The second-order valence-corrected chi connectivity index (χ2v) is 7.70. The van der Waals surface area contributed by atoms with Gasteiger partial charge in [0.1, 0.15) is 0 Å². The van der Waals surface area contributed by atoms with E-state index in [2.05, 4.69) is 10.4 Å². The molecule has 1 aliphatic heterocycles. The molecule has 2 rings (SSSR count). The first-order valence-corrected chi connectivity index (χ1v) is 8.14. The van der Waals surface area contributed by atoms with Crippen molar-refractivity contribution in [3.05, 3.63) is 27.7 Å². The van der Waals surface area contributed by atoms with Gasteiger partial charge in [-0.3, -0.25) is 4.79 Å². The van der Waals surface area contributed by atoms with Gasteiger partial charge in [0, 0.05) is 25.6 Å². The van der Waals surface area contributed by atoms with Crippen molar-refractivity contribution in [2.24, 2.45) is 0 Å². The summed E-state index contributed by atoms with van der Waals surface area (Å²) in [5, 5.41) is 7.02. The molecule has 6 nitrogen and oxygen atoms in total. The van der Waals surface area contributed by atoms with Crippen LogP contribution in [0.4, 0.5) is 0 Å². The molecule has 0 aliphatic carbocycles. The Labute approximate surface area is 112 Å². The van der Waals surface area contributed by atoms with Crippen LogP contribution < -0.4 is 10.9 Å². The molecule has 2 heterocycles. The van der Waals surface area contributed by atoms with Crippen molar-refractivity contribution in [1.82, 2.24) is 15.1 Å². The first-order valence-electron chi connectivity index (χ1n) is 6.42. The highest BCUT2D eigenvalue weighted by Crippen LogP contribution is 2.08. The van der Waals surface area contributed by atoms with E-state index in [1.807, 2.05) is 0 Å². The number of hydrogen-bond acceptors (Lipinski definition) is 5. The molecule has 0 saturated carbocycles. The number of nitrogens with one attached hydrogen (secondary N) is 1. The van der Waals surface area contributed by atoms with Gasteiger partial charge in [-0.15, -0.1) is 0 Å². The van der Waals surface area contributed by atoms with Gasteiger partial charge in [-0.05, 0) is 19.4 Å². The summed E-state index contributed by atoms with van der Waals surface area (Å²) in [6, 6.07) is 1.55. The molecule has 1 aromatic heterocycles. The van der Waals surface area contributed by atoms with Crippen molar-refractivity contribution < 1.29 is 8.42 Å². The lowest BCUT2D eigenvalue weighted by Crippen LogP contribution is -2.33. The summed E-state index contributed by atoms with van der Waals surface area (Å²) in [4.78, 5) is 11.9. The minimum Gasteiger partial charge on any atom is -0.312 e. The molecule has 0 unspecified atom stereocenters. The molecule has 0 amide bonds. The highest BCUT2D eigenvalue weighted by Gasteiger charge is 2.18. The quantitative estimate of drug-likeness (QED) is 0.822. The smallest absolute Gasteiger partial charge is 0.267 e. The Bertz CT molecular complexity index is 620. The van der Waals surface area contributed by atoms with Gasteiger partial charge < -0.3 is 5.32 Å². The van der Waals surface area contributed by atoms with Crippen molar-refractivity contribution in [2.45, 2.75) is 38.6 Å². The van der Waals surface area contributed by atoms with Crippen LogP contribution in [0.5, 0.6) is 0 Å². The number of sulfone groups is 1. The van der Waals surface area contributed by atoms with E-state index < -0.39 is 15.1 Å². The molecule has 7 heteroatoms. The third-order valence-corrected chi connectivity index (χ3v) is 5.51. The number of aryl methyl sites for hydroxylation is 1. The van der Waals surface area contributed by atoms with Crippen molar-refractivity contribution in [3.63, 3.8) is 0 Å². The maximum Gasteiger partial charge on any atom is 0.267 e. The van der Waals surface area contributed by atoms with E-state index in [-0.39, 0.29) is 17.9 Å². The van der Waals surface area contributed by atoms with E-state index in [1.165, 1.54) is 4.68 Å². The Morgan fingerprint density at radius 1 is 1.47 bits per heavy atom. The van der Waals surface area contributed by atoms with E-state index in [1.54, 1.807) is 19.9 Å². The Balaban J connectivity index is 2.20. The maximum atomic E-state index is 11.9. The van der Waals surface area contributed by atoms with E-state index in [4.69, 9.17) is 0 Å². The minimum atomic E-state index is -3.15. The predicted octanol–water partition coefficient (Wildman–Crippen LogP) is -0.288. The summed E-state index contributed by atoms with van der Waals surface area (Å²) >= 11 is 0. The van der Waals surface area contributed by atoms with E-state index in [9.17, 15) is 13.2 Å². The number of aromatic nitrogens is 2. The van der Waals surface area contributed by atoms with Crippen molar-refractivity contribution in [3.8, 4) is 0 Å². The van der Waals surface area contributed by atoms with Crippen LogP contribution in [0, 0.1) is 0 Å². The van der Waals surface area contributed by atoms with Crippen LogP contribution in [0.2, 0.25) is 0 Å². The van der Waals surface area contributed by atoms with Crippen molar-refractivity contribution in [2.75, 3.05) is 12.3 Å². The van der Waals surface area contributed by atoms with Crippen LogP contribution in [0.25, 0.3) is 0 Å². The van der Waals surface area contributed by atoms with Gasteiger partial charge in [-0.25, -0.2) is 13.1 Å². The van der Waals surface area contributed by atoms with Crippen LogP contribution in [0.1, 0.15) is 25.1 Å². The summed E-state index contributed by atoms with van der Waals surface area (Å²) in [6.45, 7) is 4.90. The van der Waals surface area contributed by atoms with Gasteiger partial charge in [0.05, 0.1) is 23.2 Å². The molecule has 1 aliphatic rings. The molecule has 1 aromatic rings. The second kappa shape index (κ2) is 5.42. The number of hydrogen-bond donors (Lipinski definition) is 1. The fourth-order valence-electron chi connectivity index (χ4n) is 1.97. The number of nitrogens with zero attached hydrogens (tertiary/aromatic N) is 2. The summed E-state index contributed by atoms with van der Waals surface area (Å²) < 4.78 is 24.8. The zero-order chi connectivity index (χ0) is 14.0.